The van der Waals surface area contributed by atoms with Crippen LogP contribution >= 0.6 is 0 Å². The van der Waals surface area contributed by atoms with E-state index in [0.717, 1.165) is 12.8 Å². The van der Waals surface area contributed by atoms with Gasteiger partial charge < -0.3 is 0 Å². The Labute approximate surface area is 116 Å². The Bertz CT molecular complexity index is 696. The Kier molecular flexibility index (Phi) is 3.31. The van der Waals surface area contributed by atoms with E-state index in [2.05, 4.69) is 10.2 Å². The number of sulfonamides is 1. The molecule has 0 unspecified atom stereocenters. The molecule has 1 saturated carbocycles. The number of rotatable bonds is 5. The number of hydrogen-bond acceptors (Lipinski definition) is 3. The van der Waals surface area contributed by atoms with Crippen molar-refractivity contribution in [2.24, 2.45) is 0 Å². The van der Waals surface area contributed by atoms with Crippen LogP contribution in [0.4, 0.5) is 4.39 Å². The van der Waals surface area contributed by atoms with Crippen molar-refractivity contribution in [2.75, 3.05) is 0 Å². The molecular formula is C13H14FN3O2S. The smallest absolute Gasteiger partial charge is 0.260 e. The molecule has 7 heteroatoms. The first kappa shape index (κ1) is 13.3. The predicted octanol–water partition coefficient (Wildman–Crippen LogP) is 1.90. The van der Waals surface area contributed by atoms with Gasteiger partial charge in [-0.2, -0.15) is 9.40 Å². The third kappa shape index (κ3) is 2.46. The summed E-state index contributed by atoms with van der Waals surface area (Å²) in [6, 6.07) is 7.58. The molecule has 1 aromatic carbocycles. The topological polar surface area (TPSA) is 66.1 Å². The molecular weight excluding hydrogens is 281 g/mol. The van der Waals surface area contributed by atoms with Crippen molar-refractivity contribution in [1.82, 2.24) is 14.5 Å². The molecule has 106 valence electrons. The van der Waals surface area contributed by atoms with Crippen LogP contribution in [0.5, 0.6) is 0 Å². The van der Waals surface area contributed by atoms with Crippen molar-refractivity contribution in [3.63, 3.8) is 0 Å². The van der Waals surface area contributed by atoms with E-state index in [-0.39, 0.29) is 17.6 Å². The second-order valence-corrected chi connectivity index (χ2v) is 6.65. The average molecular weight is 295 g/mol. The minimum atomic E-state index is -3.66. The summed E-state index contributed by atoms with van der Waals surface area (Å²) in [5, 5.41) is 6.18. The Morgan fingerprint density at radius 3 is 2.65 bits per heavy atom. The molecule has 1 aliphatic carbocycles. The number of halogens is 1. The van der Waals surface area contributed by atoms with Crippen LogP contribution in [0.3, 0.4) is 0 Å². The zero-order valence-electron chi connectivity index (χ0n) is 10.7. The van der Waals surface area contributed by atoms with Crippen molar-refractivity contribution in [2.45, 2.75) is 30.5 Å². The lowest BCUT2D eigenvalue weighted by Gasteiger charge is -2.21. The zero-order valence-corrected chi connectivity index (χ0v) is 11.5. The number of aromatic amines is 1. The fourth-order valence-electron chi connectivity index (χ4n) is 2.08. The van der Waals surface area contributed by atoms with E-state index in [9.17, 15) is 12.8 Å². The van der Waals surface area contributed by atoms with Gasteiger partial charge in [-0.05, 0) is 25.0 Å². The summed E-state index contributed by atoms with van der Waals surface area (Å²) in [6.07, 6.45) is 3.00. The van der Waals surface area contributed by atoms with Crippen LogP contribution in [0, 0.1) is 5.82 Å². The molecule has 1 N–H and O–H groups in total. The van der Waals surface area contributed by atoms with Crippen molar-refractivity contribution < 1.29 is 12.8 Å². The number of hydrogen-bond donors (Lipinski definition) is 1. The van der Waals surface area contributed by atoms with Crippen LogP contribution in [-0.2, 0) is 16.6 Å². The second-order valence-electron chi connectivity index (χ2n) is 4.79. The van der Waals surface area contributed by atoms with E-state index in [0.29, 0.717) is 5.56 Å². The molecule has 20 heavy (non-hydrogen) atoms. The minimum absolute atomic E-state index is 0.0404. The maximum atomic E-state index is 13.7. The standard InChI is InChI=1S/C13H14FN3O2S/c14-12-4-2-1-3-10(12)9-17(11-5-6-11)20(18,19)13-7-8-15-16-13/h1-4,7-8,11H,5-6,9H2,(H,15,16). The molecule has 1 aliphatic rings. The fraction of sp³-hybridized carbons (Fsp3) is 0.308. The van der Waals surface area contributed by atoms with E-state index in [1.807, 2.05) is 0 Å². The Hall–Kier alpha value is -1.73. The van der Waals surface area contributed by atoms with Gasteiger partial charge in [0.15, 0.2) is 5.03 Å². The Morgan fingerprint density at radius 2 is 2.05 bits per heavy atom. The van der Waals surface area contributed by atoms with Gasteiger partial charge in [-0.25, -0.2) is 12.8 Å². The summed E-state index contributed by atoms with van der Waals surface area (Å²) >= 11 is 0. The maximum Gasteiger partial charge on any atom is 0.260 e. The number of nitrogens with one attached hydrogen (secondary N) is 1. The van der Waals surface area contributed by atoms with Gasteiger partial charge in [0.25, 0.3) is 10.0 Å². The van der Waals surface area contributed by atoms with Crippen LogP contribution < -0.4 is 0 Å². The van der Waals surface area contributed by atoms with Gasteiger partial charge in [-0.1, -0.05) is 18.2 Å². The highest BCUT2D eigenvalue weighted by Crippen LogP contribution is 2.33. The van der Waals surface area contributed by atoms with Gasteiger partial charge in [0.05, 0.1) is 6.20 Å². The molecule has 1 heterocycles. The van der Waals surface area contributed by atoms with Crippen molar-refractivity contribution in [3.05, 3.63) is 47.9 Å². The highest BCUT2D eigenvalue weighted by molar-refractivity contribution is 7.89. The third-order valence-corrected chi connectivity index (χ3v) is 5.13. The quantitative estimate of drug-likeness (QED) is 0.916. The molecule has 0 aliphatic heterocycles. The van der Waals surface area contributed by atoms with Crippen LogP contribution in [0.15, 0.2) is 41.6 Å². The summed E-state index contributed by atoms with van der Waals surface area (Å²) in [5.41, 5.74) is 0.377. The highest BCUT2D eigenvalue weighted by atomic mass is 32.2. The molecule has 1 aromatic heterocycles. The monoisotopic (exact) mass is 295 g/mol. The SMILES string of the molecule is O=S(=O)(c1ccn[nH]1)N(Cc1ccccc1F)C1CC1. The zero-order chi connectivity index (χ0) is 14.2. The van der Waals surface area contributed by atoms with Gasteiger partial charge in [0.2, 0.25) is 0 Å². The number of aromatic nitrogens is 2. The lowest BCUT2D eigenvalue weighted by molar-refractivity contribution is 0.389. The number of benzene rings is 1. The molecule has 0 spiro atoms. The summed E-state index contributed by atoms with van der Waals surface area (Å²) in [5.74, 6) is -0.391. The molecule has 3 rings (SSSR count). The highest BCUT2D eigenvalue weighted by Gasteiger charge is 2.39. The van der Waals surface area contributed by atoms with E-state index >= 15 is 0 Å². The van der Waals surface area contributed by atoms with Gasteiger partial charge in [0, 0.05) is 18.2 Å². The Morgan fingerprint density at radius 1 is 1.30 bits per heavy atom. The molecule has 0 saturated heterocycles. The van der Waals surface area contributed by atoms with Crippen molar-refractivity contribution >= 4 is 10.0 Å². The summed E-state index contributed by atoms with van der Waals surface area (Å²) < 4.78 is 40.1. The van der Waals surface area contributed by atoms with E-state index in [1.54, 1.807) is 18.2 Å². The average Bonchev–Trinajstić information content (AvgIpc) is 3.09. The van der Waals surface area contributed by atoms with Crippen molar-refractivity contribution in [1.29, 1.82) is 0 Å². The van der Waals surface area contributed by atoms with Gasteiger partial charge in [-0.3, -0.25) is 5.10 Å². The predicted molar refractivity (Wildman–Crippen MR) is 70.7 cm³/mol. The van der Waals surface area contributed by atoms with Gasteiger partial charge >= 0.3 is 0 Å². The fourth-order valence-corrected chi connectivity index (χ4v) is 3.65. The number of H-pyrrole nitrogens is 1. The minimum Gasteiger partial charge on any atom is -0.266 e. The largest absolute Gasteiger partial charge is 0.266 e. The maximum absolute atomic E-state index is 13.7. The summed E-state index contributed by atoms with van der Waals surface area (Å²) in [4.78, 5) is 0. The van der Waals surface area contributed by atoms with E-state index in [4.69, 9.17) is 0 Å². The summed E-state index contributed by atoms with van der Waals surface area (Å²) in [6.45, 7) is 0.0404. The van der Waals surface area contributed by atoms with Crippen molar-refractivity contribution in [3.8, 4) is 0 Å². The van der Waals surface area contributed by atoms with Crippen LogP contribution in [0.1, 0.15) is 18.4 Å². The van der Waals surface area contributed by atoms with Crippen LogP contribution in [0.25, 0.3) is 0 Å². The van der Waals surface area contributed by atoms with Gasteiger partial charge in [-0.15, -0.1) is 0 Å². The molecule has 5 nitrogen and oxygen atoms in total. The first-order valence-electron chi connectivity index (χ1n) is 6.33. The first-order valence-corrected chi connectivity index (χ1v) is 7.77. The van der Waals surface area contributed by atoms with Crippen LogP contribution in [0.2, 0.25) is 0 Å². The van der Waals surface area contributed by atoms with Gasteiger partial charge in [0.1, 0.15) is 5.82 Å². The lowest BCUT2D eigenvalue weighted by atomic mass is 10.2. The molecule has 0 atom stereocenters. The lowest BCUT2D eigenvalue weighted by Crippen LogP contribution is -2.33. The number of nitrogens with zero attached hydrogens (tertiary/aromatic N) is 2. The third-order valence-electron chi connectivity index (χ3n) is 3.30. The molecule has 1 fully saturated rings. The molecule has 0 radical (unpaired) electrons. The molecule has 0 bridgehead atoms. The normalized spacial score (nSPS) is 15.7. The Balaban J connectivity index is 1.93. The second kappa shape index (κ2) is 4.99. The summed E-state index contributed by atoms with van der Waals surface area (Å²) in [7, 11) is -3.66. The first-order chi connectivity index (χ1) is 9.59. The molecule has 0 amide bonds. The van der Waals surface area contributed by atoms with E-state index in [1.165, 1.54) is 22.6 Å². The van der Waals surface area contributed by atoms with Crippen LogP contribution in [-0.4, -0.2) is 29.0 Å². The van der Waals surface area contributed by atoms with E-state index < -0.39 is 15.8 Å². The molecule has 2 aromatic rings.